The van der Waals surface area contributed by atoms with Crippen LogP contribution in [-0.2, 0) is 0 Å². The molecule has 2 aliphatic rings. The fourth-order valence-electron chi connectivity index (χ4n) is 2.30. The summed E-state index contributed by atoms with van der Waals surface area (Å²) in [5.41, 5.74) is 1.27. The fraction of sp³-hybridized carbons (Fsp3) is 0.500. The summed E-state index contributed by atoms with van der Waals surface area (Å²) >= 11 is 0. The molecule has 0 spiro atoms. The summed E-state index contributed by atoms with van der Waals surface area (Å²) in [4.78, 5) is 6.62. The molecule has 0 saturated carbocycles. The van der Waals surface area contributed by atoms with E-state index in [1.165, 1.54) is 18.7 Å². The van der Waals surface area contributed by atoms with Crippen molar-refractivity contribution >= 4 is 5.69 Å². The molecule has 0 radical (unpaired) electrons. The van der Waals surface area contributed by atoms with Crippen LogP contribution < -0.4 is 10.2 Å². The van der Waals surface area contributed by atoms with Crippen LogP contribution in [0.1, 0.15) is 6.42 Å². The lowest BCUT2D eigenvalue weighted by Crippen LogP contribution is -2.59. The second-order valence-electron chi connectivity index (χ2n) is 3.78. The fourth-order valence-corrected chi connectivity index (χ4v) is 2.30. The van der Waals surface area contributed by atoms with Gasteiger partial charge in [-0.1, -0.05) is 0 Å². The van der Waals surface area contributed by atoms with E-state index in [2.05, 4.69) is 21.3 Å². The van der Waals surface area contributed by atoms with Crippen molar-refractivity contribution in [1.82, 2.24) is 10.3 Å². The van der Waals surface area contributed by atoms with Gasteiger partial charge in [0, 0.05) is 25.3 Å². The number of rotatable bonds is 1. The smallest absolute Gasteiger partial charge is 0.0568 e. The maximum atomic E-state index is 4.15. The quantitative estimate of drug-likeness (QED) is 0.678. The first kappa shape index (κ1) is 7.33. The van der Waals surface area contributed by atoms with E-state index in [0.29, 0.717) is 0 Å². The maximum absolute atomic E-state index is 4.15. The highest BCUT2D eigenvalue weighted by Crippen LogP contribution is 2.28. The minimum atomic E-state index is 0.726. The van der Waals surface area contributed by atoms with Crippen LogP contribution in [0.5, 0.6) is 0 Å². The third kappa shape index (κ3) is 1.04. The Labute approximate surface area is 77.8 Å². The highest BCUT2D eigenvalue weighted by molar-refractivity contribution is 5.48. The zero-order valence-electron chi connectivity index (χ0n) is 7.48. The molecular formula is C10H13N3. The Morgan fingerprint density at radius 1 is 1.54 bits per heavy atom. The molecule has 2 saturated heterocycles. The maximum Gasteiger partial charge on any atom is 0.0568 e. The molecule has 0 unspecified atom stereocenters. The van der Waals surface area contributed by atoms with Crippen LogP contribution in [-0.4, -0.2) is 30.2 Å². The van der Waals surface area contributed by atoms with Crippen LogP contribution in [0.2, 0.25) is 0 Å². The largest absolute Gasteiger partial charge is 0.364 e. The van der Waals surface area contributed by atoms with Crippen LogP contribution >= 0.6 is 0 Å². The highest BCUT2D eigenvalue weighted by Gasteiger charge is 2.40. The lowest BCUT2D eigenvalue weighted by Gasteiger charge is -2.38. The van der Waals surface area contributed by atoms with Gasteiger partial charge in [-0.3, -0.25) is 4.98 Å². The van der Waals surface area contributed by atoms with Gasteiger partial charge >= 0.3 is 0 Å². The SMILES string of the molecule is c1cncc(N2CC[C@H]3NC[C@H]32)c1. The van der Waals surface area contributed by atoms with Crippen molar-refractivity contribution in [1.29, 1.82) is 0 Å². The molecule has 1 aromatic rings. The number of anilines is 1. The first-order valence-corrected chi connectivity index (χ1v) is 4.85. The number of hydrogen-bond donors (Lipinski definition) is 1. The van der Waals surface area contributed by atoms with E-state index in [1.54, 1.807) is 0 Å². The molecule has 2 aliphatic heterocycles. The van der Waals surface area contributed by atoms with Gasteiger partial charge in [0.05, 0.1) is 17.9 Å². The number of hydrogen-bond acceptors (Lipinski definition) is 3. The van der Waals surface area contributed by atoms with E-state index in [-0.39, 0.29) is 0 Å². The van der Waals surface area contributed by atoms with Crippen LogP contribution in [0.4, 0.5) is 5.69 Å². The average molecular weight is 175 g/mol. The topological polar surface area (TPSA) is 28.2 Å². The van der Waals surface area contributed by atoms with Crippen LogP contribution in [0.3, 0.4) is 0 Å². The van der Waals surface area contributed by atoms with Gasteiger partial charge in [0.15, 0.2) is 0 Å². The molecular weight excluding hydrogens is 162 g/mol. The summed E-state index contributed by atoms with van der Waals surface area (Å²) in [5.74, 6) is 0. The van der Waals surface area contributed by atoms with Crippen molar-refractivity contribution in [2.45, 2.75) is 18.5 Å². The van der Waals surface area contributed by atoms with E-state index in [1.807, 2.05) is 18.5 Å². The molecule has 3 rings (SSSR count). The molecule has 0 aliphatic carbocycles. The van der Waals surface area contributed by atoms with Crippen LogP contribution in [0, 0.1) is 0 Å². The number of aromatic nitrogens is 1. The van der Waals surface area contributed by atoms with E-state index in [9.17, 15) is 0 Å². The first-order valence-electron chi connectivity index (χ1n) is 4.85. The van der Waals surface area contributed by atoms with E-state index >= 15 is 0 Å². The Hall–Kier alpha value is -1.09. The zero-order chi connectivity index (χ0) is 8.67. The standard InChI is InChI=1S/C10H13N3/c1-2-8(6-11-4-1)13-5-3-9-10(13)7-12-9/h1-2,4,6,9-10,12H,3,5,7H2/t9-,10-/m1/s1. The van der Waals surface area contributed by atoms with Gasteiger partial charge in [-0.05, 0) is 18.6 Å². The molecule has 3 heterocycles. The Balaban J connectivity index is 1.86. The summed E-state index contributed by atoms with van der Waals surface area (Å²) in [6, 6.07) is 5.62. The summed E-state index contributed by atoms with van der Waals surface area (Å²) in [7, 11) is 0. The van der Waals surface area contributed by atoms with Gasteiger partial charge in [-0.15, -0.1) is 0 Å². The molecule has 0 bridgehead atoms. The Morgan fingerprint density at radius 2 is 2.54 bits per heavy atom. The number of nitrogens with zero attached hydrogens (tertiary/aromatic N) is 2. The molecule has 0 aromatic carbocycles. The lowest BCUT2D eigenvalue weighted by molar-refractivity contribution is 0.348. The molecule has 2 atom stereocenters. The van der Waals surface area contributed by atoms with Crippen molar-refractivity contribution in [3.8, 4) is 0 Å². The van der Waals surface area contributed by atoms with Gasteiger partial charge in [0.2, 0.25) is 0 Å². The molecule has 1 N–H and O–H groups in total. The van der Waals surface area contributed by atoms with Gasteiger partial charge in [0.1, 0.15) is 0 Å². The Bertz CT molecular complexity index is 298. The van der Waals surface area contributed by atoms with Crippen LogP contribution in [0.15, 0.2) is 24.5 Å². The number of pyridine rings is 1. The van der Waals surface area contributed by atoms with Crippen molar-refractivity contribution in [2.75, 3.05) is 18.0 Å². The van der Waals surface area contributed by atoms with Gasteiger partial charge < -0.3 is 10.2 Å². The summed E-state index contributed by atoms with van der Waals surface area (Å²) in [6.07, 6.45) is 5.07. The Kier molecular flexibility index (Phi) is 1.52. The summed E-state index contributed by atoms with van der Waals surface area (Å²) < 4.78 is 0. The molecule has 13 heavy (non-hydrogen) atoms. The molecule has 0 amide bonds. The highest BCUT2D eigenvalue weighted by atomic mass is 15.3. The molecule has 1 aromatic heterocycles. The van der Waals surface area contributed by atoms with Crippen molar-refractivity contribution in [3.63, 3.8) is 0 Å². The van der Waals surface area contributed by atoms with Crippen molar-refractivity contribution in [3.05, 3.63) is 24.5 Å². The van der Waals surface area contributed by atoms with Gasteiger partial charge in [-0.25, -0.2) is 0 Å². The monoisotopic (exact) mass is 175 g/mol. The molecule has 3 heteroatoms. The minimum absolute atomic E-state index is 0.726. The van der Waals surface area contributed by atoms with Crippen molar-refractivity contribution in [2.24, 2.45) is 0 Å². The zero-order valence-corrected chi connectivity index (χ0v) is 7.48. The second kappa shape index (κ2) is 2.70. The molecule has 3 nitrogen and oxygen atoms in total. The Morgan fingerprint density at radius 3 is 3.15 bits per heavy atom. The van der Waals surface area contributed by atoms with Gasteiger partial charge in [-0.2, -0.15) is 0 Å². The van der Waals surface area contributed by atoms with Crippen molar-refractivity contribution < 1.29 is 0 Å². The molecule has 68 valence electrons. The van der Waals surface area contributed by atoms with Gasteiger partial charge in [0.25, 0.3) is 0 Å². The van der Waals surface area contributed by atoms with E-state index in [4.69, 9.17) is 0 Å². The predicted molar refractivity (Wildman–Crippen MR) is 51.8 cm³/mol. The third-order valence-corrected chi connectivity index (χ3v) is 3.11. The normalized spacial score (nSPS) is 31.2. The lowest BCUT2D eigenvalue weighted by atomic mass is 10.0. The third-order valence-electron chi connectivity index (χ3n) is 3.11. The summed E-state index contributed by atoms with van der Waals surface area (Å²) in [5, 5.41) is 3.45. The van der Waals surface area contributed by atoms with Crippen LogP contribution in [0.25, 0.3) is 0 Å². The van der Waals surface area contributed by atoms with E-state index < -0.39 is 0 Å². The van der Waals surface area contributed by atoms with E-state index in [0.717, 1.165) is 18.6 Å². The minimum Gasteiger partial charge on any atom is -0.364 e. The second-order valence-corrected chi connectivity index (χ2v) is 3.78. The predicted octanol–water partition coefficient (Wildman–Crippen LogP) is 0.632. The average Bonchev–Trinajstić information content (AvgIpc) is 2.43. The first-order chi connectivity index (χ1) is 6.45. The number of nitrogens with one attached hydrogen (secondary N) is 1. The molecule has 2 fully saturated rings. The number of fused-ring (bicyclic) bond motifs is 1. The summed E-state index contributed by atoms with van der Waals surface area (Å²) in [6.45, 7) is 2.31.